The minimum absolute atomic E-state index is 0.333. The molecule has 6 aromatic rings. The van der Waals surface area contributed by atoms with Crippen LogP contribution < -0.4 is 4.90 Å². The Kier molecular flexibility index (Phi) is 8.31. The molecule has 6 heterocycles. The number of pyridine rings is 2. The molecule has 2 fully saturated rings. The highest BCUT2D eigenvalue weighted by molar-refractivity contribution is 8.24. The summed E-state index contributed by atoms with van der Waals surface area (Å²) in [5.74, 6) is 3.27. The molecule has 244 valence electrons. The smallest absolute Gasteiger partial charge is 0.227 e. The van der Waals surface area contributed by atoms with Crippen molar-refractivity contribution in [1.82, 2.24) is 40.0 Å². The third-order valence-corrected chi connectivity index (χ3v) is 11.0. The van der Waals surface area contributed by atoms with Crippen molar-refractivity contribution < 1.29 is 9.11 Å². The number of benzene rings is 2. The maximum absolute atomic E-state index is 10.1. The van der Waals surface area contributed by atoms with E-state index in [1.165, 1.54) is 5.56 Å². The summed E-state index contributed by atoms with van der Waals surface area (Å²) in [4.78, 5) is 26.9. The Balaban J connectivity index is 0.990. The standard InChI is InChI=1S/C36H37N9O2S/c46-48(47)20-18-45(19-21-48)36-38-23-29-22-30(26-6-2-1-3-7-26)32(39-33(29)41-36)27-11-9-25(10-12-27)24-44-16-13-28(14-17-44)34-40-35(43-42-34)31-8-4-5-15-37-31/h1-12,15,22-23,28,46-47H,13-14,16-21,24H2,(H,40,42,43). The van der Waals surface area contributed by atoms with E-state index in [0.717, 1.165) is 77.6 Å². The molecule has 0 amide bonds. The number of hydrogen-bond acceptors (Lipinski definition) is 10. The van der Waals surface area contributed by atoms with Gasteiger partial charge in [-0.05, 0) is 55.3 Å². The van der Waals surface area contributed by atoms with Gasteiger partial charge in [0.25, 0.3) is 0 Å². The molecule has 0 saturated carbocycles. The third-order valence-electron chi connectivity index (χ3n) is 9.32. The average Bonchev–Trinajstić information content (AvgIpc) is 3.63. The van der Waals surface area contributed by atoms with Crippen molar-refractivity contribution in [3.05, 3.63) is 103 Å². The molecule has 0 bridgehead atoms. The van der Waals surface area contributed by atoms with Crippen LogP contribution in [0, 0.1) is 0 Å². The van der Waals surface area contributed by atoms with Crippen LogP contribution in [0.15, 0.2) is 91.3 Å². The van der Waals surface area contributed by atoms with E-state index in [1.807, 2.05) is 47.5 Å². The Morgan fingerprint density at radius 2 is 1.56 bits per heavy atom. The van der Waals surface area contributed by atoms with Gasteiger partial charge in [0.2, 0.25) is 5.95 Å². The summed E-state index contributed by atoms with van der Waals surface area (Å²) in [5, 5.41) is 9.65. The van der Waals surface area contributed by atoms with Crippen LogP contribution in [0.2, 0.25) is 0 Å². The van der Waals surface area contributed by atoms with Crippen molar-refractivity contribution in [2.24, 2.45) is 0 Å². The van der Waals surface area contributed by atoms with Crippen LogP contribution in [0.4, 0.5) is 5.95 Å². The van der Waals surface area contributed by atoms with Crippen molar-refractivity contribution in [3.63, 3.8) is 0 Å². The summed E-state index contributed by atoms with van der Waals surface area (Å²) in [7, 11) is -2.50. The highest BCUT2D eigenvalue weighted by Gasteiger charge is 2.25. The Hall–Kier alpha value is -4.75. The molecule has 48 heavy (non-hydrogen) atoms. The maximum Gasteiger partial charge on any atom is 0.227 e. The van der Waals surface area contributed by atoms with Crippen LogP contribution in [0.5, 0.6) is 0 Å². The van der Waals surface area contributed by atoms with Crippen molar-refractivity contribution in [2.75, 3.05) is 42.6 Å². The number of nitrogens with one attached hydrogen (secondary N) is 1. The average molecular weight is 660 g/mol. The third kappa shape index (κ3) is 6.52. The molecule has 12 heteroatoms. The first-order valence-corrected chi connectivity index (χ1v) is 18.2. The fourth-order valence-corrected chi connectivity index (χ4v) is 7.79. The molecule has 2 aliphatic rings. The molecule has 0 unspecified atom stereocenters. The van der Waals surface area contributed by atoms with E-state index >= 15 is 0 Å². The van der Waals surface area contributed by atoms with Gasteiger partial charge >= 0.3 is 0 Å². The zero-order valence-electron chi connectivity index (χ0n) is 26.5. The van der Waals surface area contributed by atoms with Gasteiger partial charge in [-0.15, -0.1) is 10.2 Å². The van der Waals surface area contributed by atoms with Gasteiger partial charge in [-0.25, -0.2) is 9.97 Å². The van der Waals surface area contributed by atoms with Gasteiger partial charge in [0, 0.05) is 54.5 Å². The predicted molar refractivity (Wildman–Crippen MR) is 190 cm³/mol. The van der Waals surface area contributed by atoms with E-state index in [4.69, 9.17) is 9.97 Å². The second-order valence-corrected chi connectivity index (χ2v) is 15.0. The SMILES string of the molecule is OS1(O)CCN(c2ncc3cc(-c4ccccc4)c(-c4ccc(CN5CCC(c6nnc(-c7ccccn7)[nH]6)CC5)cc4)nc3n2)CC1. The number of aromatic nitrogens is 7. The lowest BCUT2D eigenvalue weighted by Gasteiger charge is -2.40. The van der Waals surface area contributed by atoms with E-state index < -0.39 is 10.6 Å². The zero-order chi connectivity index (χ0) is 32.5. The Morgan fingerprint density at radius 3 is 2.31 bits per heavy atom. The lowest BCUT2D eigenvalue weighted by molar-refractivity contribution is 0.202. The first-order chi connectivity index (χ1) is 23.5. The van der Waals surface area contributed by atoms with E-state index in [2.05, 4.69) is 72.5 Å². The van der Waals surface area contributed by atoms with Gasteiger partial charge in [-0.3, -0.25) is 19.0 Å². The second kappa shape index (κ2) is 13.0. The molecule has 0 radical (unpaired) electrons. The Morgan fingerprint density at radius 1 is 0.792 bits per heavy atom. The largest absolute Gasteiger partial charge is 0.338 e. The Bertz CT molecular complexity index is 2010. The monoisotopic (exact) mass is 659 g/mol. The molecule has 4 aromatic heterocycles. The summed E-state index contributed by atoms with van der Waals surface area (Å²) < 4.78 is 20.1. The number of anilines is 1. The molecule has 0 aliphatic carbocycles. The number of piperidine rings is 1. The second-order valence-electron chi connectivity index (χ2n) is 12.6. The van der Waals surface area contributed by atoms with E-state index in [-0.39, 0.29) is 0 Å². The van der Waals surface area contributed by atoms with Crippen LogP contribution in [0.3, 0.4) is 0 Å². The van der Waals surface area contributed by atoms with E-state index in [0.29, 0.717) is 42.1 Å². The summed E-state index contributed by atoms with van der Waals surface area (Å²) >= 11 is 0. The number of rotatable bonds is 7. The van der Waals surface area contributed by atoms with Crippen LogP contribution in [-0.4, -0.2) is 86.8 Å². The fourth-order valence-electron chi connectivity index (χ4n) is 6.56. The van der Waals surface area contributed by atoms with Crippen molar-refractivity contribution in [3.8, 4) is 33.9 Å². The molecule has 0 spiro atoms. The molecule has 2 aliphatic heterocycles. The summed E-state index contributed by atoms with van der Waals surface area (Å²) in [6.07, 6.45) is 5.65. The van der Waals surface area contributed by atoms with Crippen LogP contribution in [0.1, 0.15) is 30.1 Å². The number of likely N-dealkylation sites (tertiary alicyclic amines) is 1. The maximum atomic E-state index is 10.1. The van der Waals surface area contributed by atoms with E-state index in [1.54, 1.807) is 6.20 Å². The highest BCUT2D eigenvalue weighted by atomic mass is 32.3. The van der Waals surface area contributed by atoms with Crippen LogP contribution >= 0.6 is 10.6 Å². The molecule has 2 aromatic carbocycles. The molecular formula is C36H37N9O2S. The zero-order valence-corrected chi connectivity index (χ0v) is 27.3. The van der Waals surface area contributed by atoms with Gasteiger partial charge in [0.15, 0.2) is 11.5 Å². The quantitative estimate of drug-likeness (QED) is 0.174. The lowest BCUT2D eigenvalue weighted by Crippen LogP contribution is -2.39. The van der Waals surface area contributed by atoms with Crippen molar-refractivity contribution >= 4 is 27.6 Å². The highest BCUT2D eigenvalue weighted by Crippen LogP contribution is 2.41. The van der Waals surface area contributed by atoms with Gasteiger partial charge < -0.3 is 9.88 Å². The topological polar surface area (TPSA) is 140 Å². The van der Waals surface area contributed by atoms with Crippen LogP contribution in [-0.2, 0) is 6.54 Å². The number of fused-ring (bicyclic) bond motifs is 1. The van der Waals surface area contributed by atoms with Gasteiger partial charge in [0.05, 0.1) is 17.2 Å². The van der Waals surface area contributed by atoms with Crippen molar-refractivity contribution in [2.45, 2.75) is 25.3 Å². The molecule has 8 rings (SSSR count). The summed E-state index contributed by atoms with van der Waals surface area (Å²) in [5.41, 5.74) is 6.70. The van der Waals surface area contributed by atoms with Gasteiger partial charge in [-0.2, -0.15) is 15.6 Å². The fraction of sp³-hybridized carbons (Fsp3) is 0.278. The molecule has 3 N–H and O–H groups in total. The number of aromatic amines is 1. The first kappa shape index (κ1) is 30.6. The number of nitrogens with zero attached hydrogens (tertiary/aromatic N) is 8. The number of H-pyrrole nitrogens is 1. The normalized spacial score (nSPS) is 17.8. The summed E-state index contributed by atoms with van der Waals surface area (Å²) in [6, 6.07) is 26.9. The molecule has 2 saturated heterocycles. The minimum atomic E-state index is -2.50. The van der Waals surface area contributed by atoms with Gasteiger partial charge in [0.1, 0.15) is 11.5 Å². The molecular weight excluding hydrogens is 623 g/mol. The van der Waals surface area contributed by atoms with Gasteiger partial charge in [-0.1, -0.05) is 60.7 Å². The minimum Gasteiger partial charge on any atom is -0.338 e. The Labute approximate surface area is 280 Å². The van der Waals surface area contributed by atoms with Crippen molar-refractivity contribution in [1.29, 1.82) is 0 Å². The summed E-state index contributed by atoms with van der Waals surface area (Å²) in [6.45, 7) is 3.89. The molecule has 11 nitrogen and oxygen atoms in total. The van der Waals surface area contributed by atoms with Crippen LogP contribution in [0.25, 0.3) is 44.9 Å². The lowest BCUT2D eigenvalue weighted by atomic mass is 9.95. The van der Waals surface area contributed by atoms with E-state index in [9.17, 15) is 9.11 Å². The molecule has 0 atom stereocenters. The number of hydrogen-bond donors (Lipinski definition) is 3. The first-order valence-electron chi connectivity index (χ1n) is 16.3. The predicted octanol–water partition coefficient (Wildman–Crippen LogP) is 6.49.